The van der Waals surface area contributed by atoms with Crippen molar-refractivity contribution in [3.8, 4) is 0 Å². The summed E-state index contributed by atoms with van der Waals surface area (Å²) in [6.45, 7) is 1.61. The van der Waals surface area contributed by atoms with E-state index in [4.69, 9.17) is 0 Å². The first-order chi connectivity index (χ1) is 9.75. The van der Waals surface area contributed by atoms with E-state index in [-0.39, 0.29) is 11.9 Å². The van der Waals surface area contributed by atoms with Crippen molar-refractivity contribution < 1.29 is 4.79 Å². The largest absolute Gasteiger partial charge is 0.337 e. The molecule has 1 unspecified atom stereocenters. The van der Waals surface area contributed by atoms with E-state index in [2.05, 4.69) is 10.3 Å². The second-order valence-electron chi connectivity index (χ2n) is 6.01. The Morgan fingerprint density at radius 2 is 2.25 bits per heavy atom. The Balaban J connectivity index is 1.69. The van der Waals surface area contributed by atoms with Crippen LogP contribution in [0.4, 0.5) is 0 Å². The Kier molecular flexibility index (Phi) is 4.05. The zero-order valence-corrected chi connectivity index (χ0v) is 12.2. The molecule has 1 amide bonds. The summed E-state index contributed by atoms with van der Waals surface area (Å²) in [4.78, 5) is 19.2. The molecule has 110 valence electrons. The van der Waals surface area contributed by atoms with Crippen LogP contribution in [0.2, 0.25) is 0 Å². The topological polar surface area (TPSA) is 50.2 Å². The van der Waals surface area contributed by atoms with Gasteiger partial charge in [0, 0.05) is 25.5 Å². The highest BCUT2D eigenvalue weighted by Gasteiger charge is 2.36. The zero-order valence-electron chi connectivity index (χ0n) is 12.2. The number of aromatic nitrogens is 2. The lowest BCUT2D eigenvalue weighted by Crippen LogP contribution is -2.47. The van der Waals surface area contributed by atoms with Crippen molar-refractivity contribution in [2.75, 3.05) is 6.54 Å². The Labute approximate surface area is 120 Å². The van der Waals surface area contributed by atoms with Crippen LogP contribution in [0.5, 0.6) is 0 Å². The van der Waals surface area contributed by atoms with Crippen LogP contribution in [-0.2, 0) is 18.4 Å². The average molecular weight is 276 g/mol. The van der Waals surface area contributed by atoms with Crippen molar-refractivity contribution in [2.45, 2.75) is 57.2 Å². The van der Waals surface area contributed by atoms with Gasteiger partial charge in [0.25, 0.3) is 0 Å². The molecule has 5 nitrogen and oxygen atoms in total. The fourth-order valence-electron chi connectivity index (χ4n) is 2.91. The van der Waals surface area contributed by atoms with Gasteiger partial charge in [-0.3, -0.25) is 4.79 Å². The number of amides is 1. The summed E-state index contributed by atoms with van der Waals surface area (Å²) in [5.74, 6) is 1.25. The van der Waals surface area contributed by atoms with E-state index in [0.717, 1.165) is 38.1 Å². The first-order valence-electron chi connectivity index (χ1n) is 7.76. The molecule has 1 saturated carbocycles. The van der Waals surface area contributed by atoms with Gasteiger partial charge in [0.1, 0.15) is 5.82 Å². The predicted octanol–water partition coefficient (Wildman–Crippen LogP) is 1.44. The number of imidazole rings is 1. The molecule has 1 aromatic heterocycles. The van der Waals surface area contributed by atoms with Crippen molar-refractivity contribution in [1.82, 2.24) is 19.8 Å². The number of nitrogens with one attached hydrogen (secondary N) is 1. The Morgan fingerprint density at radius 1 is 1.40 bits per heavy atom. The van der Waals surface area contributed by atoms with Gasteiger partial charge >= 0.3 is 0 Å². The summed E-state index contributed by atoms with van der Waals surface area (Å²) >= 11 is 0. The lowest BCUT2D eigenvalue weighted by molar-refractivity contribution is -0.135. The van der Waals surface area contributed by atoms with Crippen molar-refractivity contribution in [3.05, 3.63) is 18.2 Å². The Bertz CT molecular complexity index is 458. The number of nitrogens with zero attached hydrogens (tertiary/aromatic N) is 3. The minimum absolute atomic E-state index is 0.0124. The zero-order chi connectivity index (χ0) is 13.9. The molecule has 1 N–H and O–H groups in total. The van der Waals surface area contributed by atoms with Crippen molar-refractivity contribution >= 4 is 5.91 Å². The molecule has 2 aliphatic rings. The minimum atomic E-state index is 0.0124. The maximum atomic E-state index is 12.8. The standard InChI is InChI=1S/C15H24N4O/c1-18-10-9-17-14(18)11-19(12-6-7-12)15(20)13-5-3-2-4-8-16-13/h9-10,12-13,16H,2-8,11H2,1H3. The van der Waals surface area contributed by atoms with E-state index in [1.807, 2.05) is 22.7 Å². The van der Waals surface area contributed by atoms with E-state index in [9.17, 15) is 4.79 Å². The van der Waals surface area contributed by atoms with Crippen LogP contribution in [0.1, 0.15) is 44.3 Å². The molecule has 3 rings (SSSR count). The number of hydrogen-bond donors (Lipinski definition) is 1. The van der Waals surface area contributed by atoms with Crippen LogP contribution < -0.4 is 5.32 Å². The number of hydrogen-bond acceptors (Lipinski definition) is 3. The maximum Gasteiger partial charge on any atom is 0.240 e. The van der Waals surface area contributed by atoms with E-state index >= 15 is 0 Å². The third-order valence-electron chi connectivity index (χ3n) is 4.36. The first kappa shape index (κ1) is 13.6. The van der Waals surface area contributed by atoms with Gasteiger partial charge in [-0.05, 0) is 32.2 Å². The smallest absolute Gasteiger partial charge is 0.240 e. The fourth-order valence-corrected chi connectivity index (χ4v) is 2.91. The molecular formula is C15H24N4O. The van der Waals surface area contributed by atoms with Crippen LogP contribution in [-0.4, -0.2) is 39.0 Å². The quantitative estimate of drug-likeness (QED) is 0.905. The molecule has 0 bridgehead atoms. The summed E-state index contributed by atoms with van der Waals surface area (Å²) in [5, 5.41) is 3.42. The minimum Gasteiger partial charge on any atom is -0.337 e. The van der Waals surface area contributed by atoms with Crippen molar-refractivity contribution in [2.24, 2.45) is 7.05 Å². The fraction of sp³-hybridized carbons (Fsp3) is 0.733. The highest BCUT2D eigenvalue weighted by atomic mass is 16.2. The predicted molar refractivity (Wildman–Crippen MR) is 77.0 cm³/mol. The summed E-state index contributed by atoms with van der Waals surface area (Å²) in [7, 11) is 1.99. The summed E-state index contributed by atoms with van der Waals surface area (Å²) < 4.78 is 2.00. The average Bonchev–Trinajstić information content (AvgIpc) is 3.23. The molecule has 5 heteroatoms. The van der Waals surface area contributed by atoms with E-state index in [0.29, 0.717) is 12.6 Å². The van der Waals surface area contributed by atoms with Crippen LogP contribution in [0.15, 0.2) is 12.4 Å². The molecular weight excluding hydrogens is 252 g/mol. The number of aryl methyl sites for hydroxylation is 1. The lowest BCUT2D eigenvalue weighted by Gasteiger charge is -2.27. The van der Waals surface area contributed by atoms with E-state index in [1.54, 1.807) is 6.20 Å². The molecule has 1 aliphatic heterocycles. The first-order valence-corrected chi connectivity index (χ1v) is 7.76. The molecule has 1 atom stereocenters. The molecule has 1 aliphatic carbocycles. The highest BCUT2D eigenvalue weighted by molar-refractivity contribution is 5.82. The maximum absolute atomic E-state index is 12.8. The number of carbonyl (C=O) groups excluding carboxylic acids is 1. The second-order valence-corrected chi connectivity index (χ2v) is 6.01. The van der Waals surface area contributed by atoms with Gasteiger partial charge in [-0.25, -0.2) is 4.98 Å². The third kappa shape index (κ3) is 3.03. The van der Waals surface area contributed by atoms with Crippen LogP contribution >= 0.6 is 0 Å². The number of carbonyl (C=O) groups is 1. The molecule has 20 heavy (non-hydrogen) atoms. The van der Waals surface area contributed by atoms with Gasteiger partial charge in [0.05, 0.1) is 12.6 Å². The van der Waals surface area contributed by atoms with Gasteiger partial charge < -0.3 is 14.8 Å². The monoisotopic (exact) mass is 276 g/mol. The van der Waals surface area contributed by atoms with E-state index < -0.39 is 0 Å². The highest BCUT2D eigenvalue weighted by Crippen LogP contribution is 2.29. The van der Waals surface area contributed by atoms with Crippen molar-refractivity contribution in [1.29, 1.82) is 0 Å². The SMILES string of the molecule is Cn1ccnc1CN(C(=O)C1CCCCCN1)C1CC1. The van der Waals surface area contributed by atoms with Gasteiger partial charge in [-0.2, -0.15) is 0 Å². The van der Waals surface area contributed by atoms with E-state index in [1.165, 1.54) is 12.8 Å². The number of rotatable bonds is 4. The van der Waals surface area contributed by atoms with Gasteiger partial charge in [0.2, 0.25) is 5.91 Å². The molecule has 2 fully saturated rings. The Morgan fingerprint density at radius 3 is 2.95 bits per heavy atom. The van der Waals surface area contributed by atoms with Crippen LogP contribution in [0.3, 0.4) is 0 Å². The normalized spacial score (nSPS) is 23.4. The molecule has 1 saturated heterocycles. The Hall–Kier alpha value is -1.36. The van der Waals surface area contributed by atoms with Gasteiger partial charge in [-0.1, -0.05) is 12.8 Å². The van der Waals surface area contributed by atoms with Gasteiger partial charge in [-0.15, -0.1) is 0 Å². The molecule has 1 aromatic rings. The summed E-state index contributed by atoms with van der Waals surface area (Å²) in [6, 6.07) is 0.447. The molecule has 0 radical (unpaired) electrons. The second kappa shape index (κ2) is 5.95. The molecule has 2 heterocycles. The molecule has 0 aromatic carbocycles. The summed E-state index contributed by atoms with van der Waals surface area (Å²) in [6.07, 6.45) is 10.6. The van der Waals surface area contributed by atoms with Crippen LogP contribution in [0.25, 0.3) is 0 Å². The van der Waals surface area contributed by atoms with Gasteiger partial charge in [0.15, 0.2) is 0 Å². The third-order valence-corrected chi connectivity index (χ3v) is 4.36. The van der Waals surface area contributed by atoms with Crippen LogP contribution in [0, 0.1) is 0 Å². The summed E-state index contributed by atoms with van der Waals surface area (Å²) in [5.41, 5.74) is 0. The molecule has 0 spiro atoms. The lowest BCUT2D eigenvalue weighted by atomic mass is 10.1. The van der Waals surface area contributed by atoms with Crippen molar-refractivity contribution in [3.63, 3.8) is 0 Å².